The molecule has 0 aliphatic heterocycles. The third kappa shape index (κ3) is 8.67. The molecule has 5 heteroatoms. The minimum absolute atomic E-state index is 0. The molecule has 0 fully saturated rings. The third-order valence-electron chi connectivity index (χ3n) is 10.2. The van der Waals surface area contributed by atoms with E-state index in [1.54, 1.807) is 0 Å². The molecule has 283 valence electrons. The Morgan fingerprint density at radius 1 is 0.544 bits per heavy atom. The summed E-state index contributed by atoms with van der Waals surface area (Å²) in [5.41, 5.74) is 14.0. The summed E-state index contributed by atoms with van der Waals surface area (Å²) in [5.74, 6) is 0.501. The molecule has 0 N–H and O–H groups in total. The van der Waals surface area contributed by atoms with Gasteiger partial charge in [0.15, 0.2) is 0 Å². The van der Waals surface area contributed by atoms with Crippen molar-refractivity contribution in [3.63, 3.8) is 0 Å². The van der Waals surface area contributed by atoms with Crippen LogP contribution in [0.2, 0.25) is 19.6 Å². The van der Waals surface area contributed by atoms with Crippen LogP contribution in [0, 0.1) is 12.1 Å². The molecule has 0 spiro atoms. The second-order valence-electron chi connectivity index (χ2n) is 15.5. The zero-order chi connectivity index (χ0) is 38.6. The van der Waals surface area contributed by atoms with E-state index in [2.05, 4.69) is 166 Å². The van der Waals surface area contributed by atoms with Gasteiger partial charge in [-0.1, -0.05) is 165 Å². The summed E-state index contributed by atoms with van der Waals surface area (Å²) < 4.78 is 6.37. The molecule has 0 saturated carbocycles. The van der Waals surface area contributed by atoms with Gasteiger partial charge in [0.05, 0.1) is 13.7 Å². The number of rotatable bonds is 7. The van der Waals surface area contributed by atoms with E-state index in [1.165, 1.54) is 27.4 Å². The zero-order valence-electron chi connectivity index (χ0n) is 32.9. The Morgan fingerprint density at radius 3 is 1.75 bits per heavy atom. The Kier molecular flexibility index (Phi) is 11.9. The van der Waals surface area contributed by atoms with Crippen LogP contribution in [0.1, 0.15) is 25.3 Å². The van der Waals surface area contributed by atoms with E-state index in [9.17, 15) is 0 Å². The Bertz CT molecular complexity index is 2760. The maximum absolute atomic E-state index is 6.37. The summed E-state index contributed by atoms with van der Waals surface area (Å²) in [5, 5.41) is 3.64. The fourth-order valence-electron chi connectivity index (χ4n) is 7.27. The number of hydrogen-bond acceptors (Lipinski definition) is 3. The number of hydrogen-bond donors (Lipinski definition) is 0. The zero-order valence-corrected chi connectivity index (χ0v) is 36.3. The molecule has 9 rings (SSSR count). The van der Waals surface area contributed by atoms with E-state index in [0.717, 1.165) is 61.1 Å². The molecular weight excluding hydrogens is 889 g/mol. The van der Waals surface area contributed by atoms with Crippen molar-refractivity contribution in [3.8, 4) is 55.9 Å². The van der Waals surface area contributed by atoms with Gasteiger partial charge in [0.2, 0.25) is 0 Å². The van der Waals surface area contributed by atoms with Gasteiger partial charge in [0.25, 0.3) is 0 Å². The number of fused-ring (bicyclic) bond motifs is 3. The van der Waals surface area contributed by atoms with Gasteiger partial charge in [0, 0.05) is 37.9 Å². The first kappa shape index (κ1) is 39.5. The van der Waals surface area contributed by atoms with E-state index < -0.39 is 8.07 Å². The quantitative estimate of drug-likeness (QED) is 0.118. The normalized spacial score (nSPS) is 11.3. The average Bonchev–Trinajstić information content (AvgIpc) is 3.63. The van der Waals surface area contributed by atoms with Crippen molar-refractivity contribution < 1.29 is 24.5 Å². The Balaban J connectivity index is 0.000000175. The summed E-state index contributed by atoms with van der Waals surface area (Å²) in [7, 11) is -1.40. The van der Waals surface area contributed by atoms with Gasteiger partial charge in [-0.05, 0) is 62.4 Å². The van der Waals surface area contributed by atoms with E-state index in [1.807, 2.05) is 54.7 Å². The molecule has 57 heavy (non-hydrogen) atoms. The molecule has 9 aromatic rings. The predicted octanol–water partition coefficient (Wildman–Crippen LogP) is 13.7. The second-order valence-corrected chi connectivity index (χ2v) is 20.5. The summed E-state index contributed by atoms with van der Waals surface area (Å²) in [6.45, 7) is 11.7. The first-order valence-electron chi connectivity index (χ1n) is 19.2. The minimum atomic E-state index is -1.40. The molecule has 3 nitrogen and oxygen atoms in total. The molecular formula is C52H44IrN2OSi-2. The Labute approximate surface area is 350 Å². The van der Waals surface area contributed by atoms with E-state index in [0.29, 0.717) is 5.92 Å². The van der Waals surface area contributed by atoms with Crippen molar-refractivity contribution in [2.75, 3.05) is 0 Å². The smallest absolute Gasteiger partial charge is 0.121 e. The Morgan fingerprint density at radius 2 is 1.14 bits per heavy atom. The number of nitrogens with zero attached hydrogens (tertiary/aromatic N) is 2. The molecule has 0 unspecified atom stereocenters. The second kappa shape index (κ2) is 17.2. The summed E-state index contributed by atoms with van der Waals surface area (Å²) in [6, 6.07) is 61.0. The number of pyridine rings is 2. The molecule has 0 atom stereocenters. The first-order valence-corrected chi connectivity index (χ1v) is 22.7. The molecule has 0 amide bonds. The van der Waals surface area contributed by atoms with Gasteiger partial charge >= 0.3 is 0 Å². The van der Waals surface area contributed by atoms with Crippen LogP contribution >= 0.6 is 0 Å². The van der Waals surface area contributed by atoms with Crippen molar-refractivity contribution in [2.24, 2.45) is 0 Å². The molecule has 3 aromatic heterocycles. The summed E-state index contributed by atoms with van der Waals surface area (Å²) in [4.78, 5) is 9.43. The molecule has 0 aliphatic carbocycles. The molecule has 6 aromatic carbocycles. The fraction of sp³-hybridized carbons (Fsp3) is 0.115. The van der Waals surface area contributed by atoms with Gasteiger partial charge < -0.3 is 14.4 Å². The Hall–Kier alpha value is -5.71. The van der Waals surface area contributed by atoms with Crippen LogP contribution in [0.5, 0.6) is 0 Å². The van der Waals surface area contributed by atoms with Crippen molar-refractivity contribution in [1.82, 2.24) is 9.97 Å². The van der Waals surface area contributed by atoms with Gasteiger partial charge in [-0.15, -0.1) is 53.6 Å². The van der Waals surface area contributed by atoms with Crippen LogP contribution in [-0.4, -0.2) is 18.0 Å². The summed E-state index contributed by atoms with van der Waals surface area (Å²) in [6.07, 6.45) is 3.96. The maximum Gasteiger partial charge on any atom is 0.121 e. The van der Waals surface area contributed by atoms with Gasteiger partial charge in [-0.3, -0.25) is 0 Å². The standard InChI is InChI=1S/C29H18NO.C23H26NSi.Ir/c1-3-8-20(9-4-1)22-14-15-24-25-12-7-13-26(29(25)31-28(24)19-22)27-18-23(16-17-30-27)21-10-5-2-6-11-21;1-17(2)21-15-22(24-16-23(21)25(3,4)5)20-13-9-12-19(14-20)18-10-7-6-8-11-18;/h1-12,14-19H;6-12,14-17H,1-5H3;/q2*-1;. The molecule has 3 heterocycles. The van der Waals surface area contributed by atoms with Crippen LogP contribution in [0.15, 0.2) is 175 Å². The van der Waals surface area contributed by atoms with Gasteiger partial charge in [0.1, 0.15) is 5.58 Å². The van der Waals surface area contributed by atoms with Gasteiger partial charge in [-0.2, -0.15) is 0 Å². The van der Waals surface area contributed by atoms with Crippen molar-refractivity contribution >= 4 is 35.2 Å². The topological polar surface area (TPSA) is 38.9 Å². The molecule has 0 bridgehead atoms. The number of aromatic nitrogens is 2. The van der Waals surface area contributed by atoms with Crippen LogP contribution < -0.4 is 5.19 Å². The largest absolute Gasteiger partial charge is 0.501 e. The molecule has 1 radical (unpaired) electrons. The van der Waals surface area contributed by atoms with E-state index >= 15 is 0 Å². The monoisotopic (exact) mass is 933 g/mol. The third-order valence-corrected chi connectivity index (χ3v) is 12.2. The van der Waals surface area contributed by atoms with E-state index in [4.69, 9.17) is 9.40 Å². The number of benzene rings is 6. The van der Waals surface area contributed by atoms with Crippen LogP contribution in [-0.2, 0) is 20.1 Å². The van der Waals surface area contributed by atoms with Crippen LogP contribution in [0.25, 0.3) is 77.8 Å². The molecule has 0 saturated heterocycles. The van der Waals surface area contributed by atoms with Crippen molar-refractivity contribution in [1.29, 1.82) is 0 Å². The molecule has 0 aliphatic rings. The SMILES string of the molecule is CC(C)c1cc(-c2[c-]ccc(-c3ccccc3)c2)ncc1[Si](C)(C)C.[Ir].[c-]1ccc2c(oc3cc(-c4ccccc4)ccc32)c1-c1cc(-c2ccccc2)ccn1. The minimum Gasteiger partial charge on any atom is -0.501 e. The fourth-order valence-corrected chi connectivity index (χ4v) is 8.95. The predicted molar refractivity (Wildman–Crippen MR) is 238 cm³/mol. The van der Waals surface area contributed by atoms with Crippen LogP contribution in [0.4, 0.5) is 0 Å². The van der Waals surface area contributed by atoms with E-state index in [-0.39, 0.29) is 20.1 Å². The van der Waals surface area contributed by atoms with Crippen molar-refractivity contribution in [2.45, 2.75) is 39.4 Å². The van der Waals surface area contributed by atoms with Crippen LogP contribution in [0.3, 0.4) is 0 Å². The van der Waals surface area contributed by atoms with Gasteiger partial charge in [-0.25, -0.2) is 0 Å². The maximum atomic E-state index is 6.37. The summed E-state index contributed by atoms with van der Waals surface area (Å²) >= 11 is 0. The number of furan rings is 1. The first-order chi connectivity index (χ1) is 27.2. The average molecular weight is 933 g/mol. The van der Waals surface area contributed by atoms with Crippen molar-refractivity contribution in [3.05, 3.63) is 188 Å².